The molecule has 1 aromatic carbocycles. The first-order chi connectivity index (χ1) is 10.1. The van der Waals surface area contributed by atoms with Gasteiger partial charge in [0.05, 0.1) is 5.56 Å². The molecule has 0 bridgehead atoms. The van der Waals surface area contributed by atoms with Crippen LogP contribution in [0.15, 0.2) is 35.7 Å². The fourth-order valence-electron chi connectivity index (χ4n) is 2.86. The van der Waals surface area contributed by atoms with E-state index in [4.69, 9.17) is 0 Å². The molecule has 1 aliphatic heterocycles. The lowest BCUT2D eigenvalue weighted by Gasteiger charge is -2.28. The lowest BCUT2D eigenvalue weighted by molar-refractivity contribution is 0.0883. The maximum absolute atomic E-state index is 13.7. The zero-order valence-corrected chi connectivity index (χ0v) is 12.8. The molecule has 0 amide bonds. The van der Waals surface area contributed by atoms with Crippen LogP contribution in [0.2, 0.25) is 0 Å². The molecule has 1 aliphatic rings. The Balaban J connectivity index is 1.66. The Morgan fingerprint density at radius 1 is 1.38 bits per heavy atom. The van der Waals surface area contributed by atoms with Crippen molar-refractivity contribution in [2.45, 2.75) is 19.9 Å². The van der Waals surface area contributed by atoms with Crippen LogP contribution in [0.25, 0.3) is 0 Å². The summed E-state index contributed by atoms with van der Waals surface area (Å²) in [5, 5.41) is 2.13. The standard InChI is InChI=1S/C17H18FNOS/c1-12(17(20)14-4-2-3-5-15(14)18)10-19-8-6-16-13(11-19)7-9-21-16/h2-5,7,9,12H,6,8,10-11H2,1H3. The molecule has 2 heterocycles. The molecular weight excluding hydrogens is 285 g/mol. The van der Waals surface area contributed by atoms with Crippen LogP contribution in [0.4, 0.5) is 4.39 Å². The molecule has 0 spiro atoms. The number of rotatable bonds is 4. The second kappa shape index (κ2) is 6.08. The maximum atomic E-state index is 13.7. The monoisotopic (exact) mass is 303 g/mol. The van der Waals surface area contributed by atoms with Crippen molar-refractivity contribution in [3.8, 4) is 0 Å². The summed E-state index contributed by atoms with van der Waals surface area (Å²) in [7, 11) is 0. The SMILES string of the molecule is CC(CN1CCc2sccc2C1)C(=O)c1ccccc1F. The number of carbonyl (C=O) groups is 1. The van der Waals surface area contributed by atoms with E-state index >= 15 is 0 Å². The topological polar surface area (TPSA) is 20.3 Å². The average Bonchev–Trinajstić information content (AvgIpc) is 2.94. The van der Waals surface area contributed by atoms with Crippen molar-refractivity contribution in [3.63, 3.8) is 0 Å². The van der Waals surface area contributed by atoms with Crippen LogP contribution in [0.5, 0.6) is 0 Å². The molecule has 3 rings (SSSR count). The minimum atomic E-state index is -0.423. The van der Waals surface area contributed by atoms with Crippen molar-refractivity contribution in [1.29, 1.82) is 0 Å². The van der Waals surface area contributed by atoms with E-state index in [0.29, 0.717) is 6.54 Å². The highest BCUT2D eigenvalue weighted by atomic mass is 32.1. The van der Waals surface area contributed by atoms with Gasteiger partial charge in [0.1, 0.15) is 5.82 Å². The summed E-state index contributed by atoms with van der Waals surface area (Å²) in [4.78, 5) is 16.1. The van der Waals surface area contributed by atoms with Gasteiger partial charge in [-0.1, -0.05) is 19.1 Å². The molecule has 1 aromatic heterocycles. The lowest BCUT2D eigenvalue weighted by atomic mass is 9.97. The highest BCUT2D eigenvalue weighted by Crippen LogP contribution is 2.25. The van der Waals surface area contributed by atoms with Gasteiger partial charge in [-0.2, -0.15) is 0 Å². The highest BCUT2D eigenvalue weighted by Gasteiger charge is 2.23. The molecule has 110 valence electrons. The van der Waals surface area contributed by atoms with Crippen LogP contribution >= 0.6 is 11.3 Å². The number of ketones is 1. The molecule has 1 atom stereocenters. The van der Waals surface area contributed by atoms with Crippen LogP contribution < -0.4 is 0 Å². The molecule has 21 heavy (non-hydrogen) atoms. The number of carbonyl (C=O) groups excluding carboxylic acids is 1. The number of halogens is 1. The van der Waals surface area contributed by atoms with E-state index in [1.165, 1.54) is 16.5 Å². The van der Waals surface area contributed by atoms with Crippen molar-refractivity contribution in [3.05, 3.63) is 57.5 Å². The summed E-state index contributed by atoms with van der Waals surface area (Å²) in [5.41, 5.74) is 1.58. The van der Waals surface area contributed by atoms with E-state index in [1.54, 1.807) is 18.2 Å². The number of hydrogen-bond donors (Lipinski definition) is 0. The van der Waals surface area contributed by atoms with Gasteiger partial charge in [-0.05, 0) is 35.6 Å². The normalized spacial score (nSPS) is 16.5. The molecule has 0 radical (unpaired) electrons. The molecular formula is C17H18FNOS. The molecule has 4 heteroatoms. The average molecular weight is 303 g/mol. The quantitative estimate of drug-likeness (QED) is 0.802. The van der Waals surface area contributed by atoms with Gasteiger partial charge in [0.25, 0.3) is 0 Å². The third kappa shape index (κ3) is 3.06. The van der Waals surface area contributed by atoms with Gasteiger partial charge in [-0.25, -0.2) is 4.39 Å². The summed E-state index contributed by atoms with van der Waals surface area (Å²) in [5.74, 6) is -0.723. The van der Waals surface area contributed by atoms with Crippen molar-refractivity contribution in [1.82, 2.24) is 4.90 Å². The Morgan fingerprint density at radius 3 is 3.00 bits per heavy atom. The molecule has 0 aliphatic carbocycles. The Morgan fingerprint density at radius 2 is 2.19 bits per heavy atom. The van der Waals surface area contributed by atoms with Crippen LogP contribution in [0, 0.1) is 11.7 Å². The van der Waals surface area contributed by atoms with Crippen molar-refractivity contribution in [2.24, 2.45) is 5.92 Å². The third-order valence-corrected chi connectivity index (χ3v) is 5.03. The van der Waals surface area contributed by atoms with Gasteiger partial charge >= 0.3 is 0 Å². The predicted octanol–water partition coefficient (Wildman–Crippen LogP) is 3.76. The van der Waals surface area contributed by atoms with E-state index in [-0.39, 0.29) is 17.3 Å². The van der Waals surface area contributed by atoms with Crippen LogP contribution in [0.1, 0.15) is 27.7 Å². The van der Waals surface area contributed by atoms with E-state index in [9.17, 15) is 9.18 Å². The van der Waals surface area contributed by atoms with Crippen LogP contribution in [0.3, 0.4) is 0 Å². The summed E-state index contributed by atoms with van der Waals surface area (Å²) in [6.07, 6.45) is 1.05. The van der Waals surface area contributed by atoms with Crippen LogP contribution in [-0.2, 0) is 13.0 Å². The van der Waals surface area contributed by atoms with Gasteiger partial charge in [0.2, 0.25) is 0 Å². The number of benzene rings is 1. The Bertz CT molecular complexity index is 652. The van der Waals surface area contributed by atoms with Gasteiger partial charge < -0.3 is 0 Å². The predicted molar refractivity (Wildman–Crippen MR) is 83.2 cm³/mol. The second-order valence-electron chi connectivity index (χ2n) is 5.60. The first-order valence-electron chi connectivity index (χ1n) is 7.21. The number of thiophene rings is 1. The Labute approximate surface area is 128 Å². The fraction of sp³-hybridized carbons (Fsp3) is 0.353. The van der Waals surface area contributed by atoms with Crippen molar-refractivity contribution < 1.29 is 9.18 Å². The number of Topliss-reactive ketones (excluding diaryl/α,β-unsaturated/α-hetero) is 1. The molecule has 0 fully saturated rings. The van der Waals surface area contributed by atoms with Gasteiger partial charge in [0, 0.05) is 30.4 Å². The molecule has 0 saturated heterocycles. The van der Waals surface area contributed by atoms with Crippen molar-refractivity contribution in [2.75, 3.05) is 13.1 Å². The number of hydrogen-bond acceptors (Lipinski definition) is 3. The van der Waals surface area contributed by atoms with E-state index in [1.807, 2.05) is 18.3 Å². The van der Waals surface area contributed by atoms with E-state index in [2.05, 4.69) is 16.3 Å². The second-order valence-corrected chi connectivity index (χ2v) is 6.60. The molecule has 0 saturated carbocycles. The van der Waals surface area contributed by atoms with Gasteiger partial charge in [-0.3, -0.25) is 9.69 Å². The minimum absolute atomic E-state index is 0.107. The van der Waals surface area contributed by atoms with Gasteiger partial charge in [-0.15, -0.1) is 11.3 Å². The van der Waals surface area contributed by atoms with E-state index < -0.39 is 5.82 Å². The largest absolute Gasteiger partial charge is 0.298 e. The third-order valence-electron chi connectivity index (χ3n) is 4.01. The first kappa shape index (κ1) is 14.4. The number of nitrogens with zero attached hydrogens (tertiary/aromatic N) is 1. The number of fused-ring (bicyclic) bond motifs is 1. The summed E-state index contributed by atoms with van der Waals surface area (Å²) >= 11 is 1.81. The van der Waals surface area contributed by atoms with Crippen LogP contribution in [-0.4, -0.2) is 23.8 Å². The minimum Gasteiger partial charge on any atom is -0.298 e. The highest BCUT2D eigenvalue weighted by molar-refractivity contribution is 7.10. The Hall–Kier alpha value is -1.52. The fourth-order valence-corrected chi connectivity index (χ4v) is 3.75. The van der Waals surface area contributed by atoms with E-state index in [0.717, 1.165) is 19.5 Å². The zero-order valence-electron chi connectivity index (χ0n) is 12.0. The summed E-state index contributed by atoms with van der Waals surface area (Å²) in [6, 6.07) is 8.40. The zero-order chi connectivity index (χ0) is 14.8. The smallest absolute Gasteiger partial charge is 0.169 e. The molecule has 0 N–H and O–H groups in total. The maximum Gasteiger partial charge on any atom is 0.169 e. The molecule has 2 aromatic rings. The van der Waals surface area contributed by atoms with Crippen molar-refractivity contribution >= 4 is 17.1 Å². The first-order valence-corrected chi connectivity index (χ1v) is 8.09. The molecule has 1 unspecified atom stereocenters. The molecule has 2 nitrogen and oxygen atoms in total. The Kier molecular flexibility index (Phi) is 4.17. The lowest BCUT2D eigenvalue weighted by Crippen LogP contribution is -2.35. The van der Waals surface area contributed by atoms with Gasteiger partial charge in [0.15, 0.2) is 5.78 Å². The summed E-state index contributed by atoms with van der Waals surface area (Å²) < 4.78 is 13.7. The summed E-state index contributed by atoms with van der Waals surface area (Å²) in [6.45, 7) is 4.44.